The van der Waals surface area contributed by atoms with Gasteiger partial charge in [-0.15, -0.1) is 0 Å². The molecule has 0 heterocycles. The van der Waals surface area contributed by atoms with E-state index in [1.165, 1.54) is 10.5 Å². The number of ketones is 1. The molecular weight excluding hydrogens is 186 g/mol. The van der Waals surface area contributed by atoms with Crippen molar-refractivity contribution in [2.24, 2.45) is 0 Å². The summed E-state index contributed by atoms with van der Waals surface area (Å²) in [6.07, 6.45) is 1.66. The molecule has 0 saturated carbocycles. The lowest BCUT2D eigenvalue weighted by Gasteiger charge is -2.06. The van der Waals surface area contributed by atoms with E-state index in [-0.39, 0.29) is 5.78 Å². The topological polar surface area (TPSA) is 21.5 Å². The molecule has 0 fully saturated rings. The van der Waals surface area contributed by atoms with E-state index in [9.17, 15) is 4.79 Å². The number of hydrogen-bond acceptors (Lipinski definition) is 1. The lowest BCUT2D eigenvalue weighted by atomic mass is 10.1. The normalized spacial score (nSPS) is 10.7. The Kier molecular flexibility index (Phi) is 4.50. The van der Waals surface area contributed by atoms with Crippen LogP contribution in [0.1, 0.15) is 29.3 Å². The molecule has 0 aromatic heterocycles. The molecule has 2 nitrogen and oxygen atoms in total. The molecule has 1 aromatic rings. The summed E-state index contributed by atoms with van der Waals surface area (Å²) >= 11 is 0. The van der Waals surface area contributed by atoms with E-state index in [1.807, 2.05) is 24.3 Å². The molecular formula is C13H20NO+. The van der Waals surface area contributed by atoms with Crippen molar-refractivity contribution in [3.8, 4) is 0 Å². The molecule has 0 aliphatic heterocycles. The van der Waals surface area contributed by atoms with E-state index in [0.717, 1.165) is 18.5 Å². The molecule has 0 saturated heterocycles. The van der Waals surface area contributed by atoms with Crippen molar-refractivity contribution in [3.63, 3.8) is 0 Å². The van der Waals surface area contributed by atoms with Crippen molar-refractivity contribution < 1.29 is 9.69 Å². The summed E-state index contributed by atoms with van der Waals surface area (Å²) in [7, 11) is 4.13. The molecule has 15 heavy (non-hydrogen) atoms. The summed E-state index contributed by atoms with van der Waals surface area (Å²) in [6.45, 7) is 3.01. The van der Waals surface area contributed by atoms with Crippen molar-refractivity contribution >= 4 is 5.78 Å². The molecule has 0 amide bonds. The van der Waals surface area contributed by atoms with Gasteiger partial charge < -0.3 is 4.90 Å². The molecule has 82 valence electrons. The molecule has 0 aliphatic carbocycles. The van der Waals surface area contributed by atoms with Crippen molar-refractivity contribution in [1.29, 1.82) is 0 Å². The highest BCUT2D eigenvalue weighted by Crippen LogP contribution is 2.06. The molecule has 0 bridgehead atoms. The van der Waals surface area contributed by atoms with Gasteiger partial charge >= 0.3 is 0 Å². The Morgan fingerprint density at radius 3 is 2.27 bits per heavy atom. The van der Waals surface area contributed by atoms with Crippen LogP contribution >= 0.6 is 0 Å². The van der Waals surface area contributed by atoms with Crippen molar-refractivity contribution in [2.45, 2.75) is 19.8 Å². The Morgan fingerprint density at radius 2 is 1.80 bits per heavy atom. The third-order valence-electron chi connectivity index (χ3n) is 2.54. The standard InChI is InChI=1S/C13H19NO/c1-4-11-5-7-12(8-6-11)13(15)9-10-14(2)3/h5-8H,4,9-10H2,1-3H3/p+1. The average Bonchev–Trinajstić information content (AvgIpc) is 2.26. The second-order valence-electron chi connectivity index (χ2n) is 4.18. The zero-order valence-corrected chi connectivity index (χ0v) is 9.84. The van der Waals surface area contributed by atoms with Crippen molar-refractivity contribution in [2.75, 3.05) is 20.6 Å². The minimum atomic E-state index is 0.249. The fraction of sp³-hybridized carbons (Fsp3) is 0.462. The van der Waals surface area contributed by atoms with Gasteiger partial charge in [0.15, 0.2) is 5.78 Å². The number of carbonyl (C=O) groups is 1. The van der Waals surface area contributed by atoms with Gasteiger partial charge in [0.25, 0.3) is 0 Å². The van der Waals surface area contributed by atoms with Crippen molar-refractivity contribution in [1.82, 2.24) is 0 Å². The fourth-order valence-corrected chi connectivity index (χ4v) is 1.43. The summed E-state index contributed by atoms with van der Waals surface area (Å²) < 4.78 is 0. The van der Waals surface area contributed by atoms with Gasteiger partial charge in [-0.1, -0.05) is 31.2 Å². The van der Waals surface area contributed by atoms with Crippen molar-refractivity contribution in [3.05, 3.63) is 35.4 Å². The number of benzene rings is 1. The maximum absolute atomic E-state index is 11.7. The summed E-state index contributed by atoms with van der Waals surface area (Å²) in [5.74, 6) is 0.249. The van der Waals surface area contributed by atoms with E-state index in [4.69, 9.17) is 0 Å². The average molecular weight is 206 g/mol. The maximum Gasteiger partial charge on any atom is 0.168 e. The highest BCUT2D eigenvalue weighted by molar-refractivity contribution is 5.96. The van der Waals surface area contributed by atoms with E-state index >= 15 is 0 Å². The zero-order valence-electron chi connectivity index (χ0n) is 9.84. The van der Waals surface area contributed by atoms with Gasteiger partial charge in [-0.25, -0.2) is 0 Å². The smallest absolute Gasteiger partial charge is 0.168 e. The van der Waals surface area contributed by atoms with E-state index in [1.54, 1.807) is 0 Å². The summed E-state index contributed by atoms with van der Waals surface area (Å²) in [4.78, 5) is 13.0. The first-order chi connectivity index (χ1) is 7.13. The van der Waals surface area contributed by atoms with Crippen LogP contribution in [0.3, 0.4) is 0 Å². The molecule has 0 atom stereocenters. The lowest BCUT2D eigenvalue weighted by Crippen LogP contribution is -3.05. The van der Waals surface area contributed by atoms with Gasteiger partial charge in [0.1, 0.15) is 0 Å². The van der Waals surface area contributed by atoms with Gasteiger partial charge in [0.05, 0.1) is 27.1 Å². The Morgan fingerprint density at radius 1 is 1.20 bits per heavy atom. The quantitative estimate of drug-likeness (QED) is 0.712. The minimum Gasteiger partial charge on any atom is -0.339 e. The summed E-state index contributed by atoms with van der Waals surface area (Å²) in [5.41, 5.74) is 2.12. The van der Waals surface area contributed by atoms with Gasteiger partial charge in [-0.2, -0.15) is 0 Å². The minimum absolute atomic E-state index is 0.249. The van der Waals surface area contributed by atoms with Crippen LogP contribution in [0.2, 0.25) is 0 Å². The van der Waals surface area contributed by atoms with E-state index < -0.39 is 0 Å². The SMILES string of the molecule is CCc1ccc(C(=O)CC[NH+](C)C)cc1. The second kappa shape index (κ2) is 5.66. The first kappa shape index (κ1) is 11.9. The highest BCUT2D eigenvalue weighted by atomic mass is 16.1. The zero-order chi connectivity index (χ0) is 11.3. The fourth-order valence-electron chi connectivity index (χ4n) is 1.43. The Hall–Kier alpha value is -1.15. The van der Waals surface area contributed by atoms with Crippen LogP contribution in [0.15, 0.2) is 24.3 Å². The van der Waals surface area contributed by atoms with Crippen LogP contribution in [0, 0.1) is 0 Å². The predicted octanol–water partition coefficient (Wildman–Crippen LogP) is 0.966. The maximum atomic E-state index is 11.7. The van der Waals surface area contributed by atoms with Crippen LogP contribution in [-0.4, -0.2) is 26.4 Å². The summed E-state index contributed by atoms with van der Waals surface area (Å²) in [5, 5.41) is 0. The third-order valence-corrected chi connectivity index (χ3v) is 2.54. The largest absolute Gasteiger partial charge is 0.339 e. The molecule has 1 aromatic carbocycles. The summed E-state index contributed by atoms with van der Waals surface area (Å²) in [6, 6.07) is 7.95. The van der Waals surface area contributed by atoms with Crippen LogP contribution in [0.25, 0.3) is 0 Å². The Bertz CT molecular complexity index is 314. The number of aryl methyl sites for hydroxylation is 1. The number of Topliss-reactive ketones (excluding diaryl/α,β-unsaturated/α-hetero) is 1. The molecule has 0 radical (unpaired) electrons. The predicted molar refractivity (Wildman–Crippen MR) is 62.4 cm³/mol. The Labute approximate surface area is 91.9 Å². The first-order valence-electron chi connectivity index (χ1n) is 5.54. The van der Waals surface area contributed by atoms with E-state index in [2.05, 4.69) is 21.0 Å². The third kappa shape index (κ3) is 3.84. The van der Waals surface area contributed by atoms with Crippen LogP contribution < -0.4 is 4.90 Å². The molecule has 0 aliphatic rings. The van der Waals surface area contributed by atoms with Gasteiger partial charge in [-0.05, 0) is 12.0 Å². The number of quaternary nitrogens is 1. The first-order valence-corrected chi connectivity index (χ1v) is 5.54. The number of carbonyl (C=O) groups excluding carboxylic acids is 1. The molecule has 1 N–H and O–H groups in total. The number of nitrogens with one attached hydrogen (secondary N) is 1. The van der Waals surface area contributed by atoms with Gasteiger partial charge in [0, 0.05) is 5.56 Å². The molecule has 0 unspecified atom stereocenters. The lowest BCUT2D eigenvalue weighted by molar-refractivity contribution is -0.857. The Balaban J connectivity index is 2.58. The number of hydrogen-bond donors (Lipinski definition) is 1. The van der Waals surface area contributed by atoms with E-state index in [0.29, 0.717) is 6.42 Å². The monoisotopic (exact) mass is 206 g/mol. The van der Waals surface area contributed by atoms with Crippen LogP contribution in [-0.2, 0) is 6.42 Å². The number of rotatable bonds is 5. The molecule has 0 spiro atoms. The molecule has 1 rings (SSSR count). The van der Waals surface area contributed by atoms with Gasteiger partial charge in [-0.3, -0.25) is 4.79 Å². The second-order valence-corrected chi connectivity index (χ2v) is 4.18. The molecule has 2 heteroatoms. The van der Waals surface area contributed by atoms with Crippen LogP contribution in [0.5, 0.6) is 0 Å². The van der Waals surface area contributed by atoms with Crippen LogP contribution in [0.4, 0.5) is 0 Å². The highest BCUT2D eigenvalue weighted by Gasteiger charge is 2.07. The van der Waals surface area contributed by atoms with Gasteiger partial charge in [0.2, 0.25) is 0 Å².